The topological polar surface area (TPSA) is 237 Å². The number of carboxylic acid groups (broad SMARTS) is 1. The van der Waals surface area contributed by atoms with E-state index in [0.717, 1.165) is 16.5 Å². The number of amides is 3. The molecule has 1 aromatic heterocycles. The molecule has 0 saturated carbocycles. The third-order valence-electron chi connectivity index (χ3n) is 6.87. The van der Waals surface area contributed by atoms with Gasteiger partial charge < -0.3 is 46.9 Å². The summed E-state index contributed by atoms with van der Waals surface area (Å²) < 4.78 is 5.78. The van der Waals surface area contributed by atoms with Crippen LogP contribution >= 0.6 is 0 Å². The highest BCUT2D eigenvalue weighted by atomic mass is 16.4. The second kappa shape index (κ2) is 13.8. The monoisotopic (exact) mass is 571 g/mol. The number of hydrogen-bond donors (Lipinski definition) is 8. The second-order valence-electron chi connectivity index (χ2n) is 10.0. The van der Waals surface area contributed by atoms with Crippen LogP contribution in [0.5, 0.6) is 0 Å². The van der Waals surface area contributed by atoms with E-state index in [1.54, 1.807) is 17.0 Å². The molecule has 0 spiro atoms. The van der Waals surface area contributed by atoms with Crippen LogP contribution in [0.15, 0.2) is 40.3 Å². The zero-order valence-corrected chi connectivity index (χ0v) is 23.0. The summed E-state index contributed by atoms with van der Waals surface area (Å²) >= 11 is 0. The van der Waals surface area contributed by atoms with Gasteiger partial charge in [-0.1, -0.05) is 29.8 Å². The summed E-state index contributed by atoms with van der Waals surface area (Å²) in [4.78, 5) is 51.4. The first kappa shape index (κ1) is 31.1. The minimum atomic E-state index is -1.26. The van der Waals surface area contributed by atoms with Crippen molar-refractivity contribution in [2.24, 2.45) is 11.5 Å². The van der Waals surface area contributed by atoms with Crippen LogP contribution in [0.1, 0.15) is 31.1 Å². The largest absolute Gasteiger partial charge is 0.480 e. The standard InChI is InChI=1S/C27H37N7O7/c1-14-17-5-3-4-6-20(17)41-21(14)12-19(26(39)40)32-22(36)7-9-31-24(37)18(33-25(38)23(28)15(2)35)11-16-8-10-34(13-16)27(29)30/h3-6,8,15,18-19,23,35H,7,9-13,28H2,1-2H3,(H3,29,30)(H,31,37)(H,32,36)(H,33,38)(H,39,40). The Morgan fingerprint density at radius 2 is 1.83 bits per heavy atom. The number of carbonyl (C=O) groups is 4. The van der Waals surface area contributed by atoms with Crippen molar-refractivity contribution >= 4 is 40.6 Å². The summed E-state index contributed by atoms with van der Waals surface area (Å²) in [7, 11) is 0. The van der Waals surface area contributed by atoms with Crippen LogP contribution in [0.25, 0.3) is 11.0 Å². The number of rotatable bonds is 13. The Balaban J connectivity index is 1.57. The van der Waals surface area contributed by atoms with E-state index in [9.17, 15) is 29.4 Å². The van der Waals surface area contributed by atoms with Gasteiger partial charge in [0.2, 0.25) is 17.7 Å². The fourth-order valence-electron chi connectivity index (χ4n) is 4.40. The smallest absolute Gasteiger partial charge is 0.326 e. The average molecular weight is 572 g/mol. The summed E-state index contributed by atoms with van der Waals surface area (Å²) in [6.45, 7) is 3.73. The van der Waals surface area contributed by atoms with E-state index in [1.807, 2.05) is 25.1 Å². The number of guanidine groups is 1. The first-order chi connectivity index (χ1) is 19.4. The summed E-state index contributed by atoms with van der Waals surface area (Å²) in [5, 5.41) is 35.3. The van der Waals surface area contributed by atoms with Crippen molar-refractivity contribution in [3.8, 4) is 0 Å². The number of nitrogens with two attached hydrogens (primary N) is 2. The number of benzene rings is 1. The fraction of sp³-hybridized carbons (Fsp3) is 0.444. The molecule has 3 rings (SSSR count). The minimum Gasteiger partial charge on any atom is -0.480 e. The van der Waals surface area contributed by atoms with Gasteiger partial charge in [-0.15, -0.1) is 0 Å². The van der Waals surface area contributed by atoms with Gasteiger partial charge >= 0.3 is 5.97 Å². The molecule has 4 atom stereocenters. The third-order valence-corrected chi connectivity index (χ3v) is 6.87. The number of aliphatic hydroxyl groups excluding tert-OH is 1. The molecule has 0 bridgehead atoms. The SMILES string of the molecule is Cc1c(CC(NC(=O)CCNC(=O)C(CC2=CCN(C(=N)N)C2)NC(=O)C(N)C(C)O)C(=O)O)oc2ccccc12. The summed E-state index contributed by atoms with van der Waals surface area (Å²) in [6, 6.07) is 3.72. The van der Waals surface area contributed by atoms with Crippen LogP contribution in [-0.2, 0) is 25.6 Å². The predicted molar refractivity (Wildman–Crippen MR) is 150 cm³/mol. The highest BCUT2D eigenvalue weighted by Gasteiger charge is 2.29. The molecular formula is C27H37N7O7. The van der Waals surface area contributed by atoms with Crippen molar-refractivity contribution in [2.45, 2.75) is 57.3 Å². The molecule has 0 saturated heterocycles. The molecule has 3 amide bonds. The summed E-state index contributed by atoms with van der Waals surface area (Å²) in [5.74, 6) is -2.84. The number of furan rings is 1. The molecule has 2 heterocycles. The van der Waals surface area contributed by atoms with Crippen LogP contribution in [0.4, 0.5) is 0 Å². The van der Waals surface area contributed by atoms with Gasteiger partial charge in [0, 0.05) is 37.9 Å². The summed E-state index contributed by atoms with van der Waals surface area (Å²) in [5.41, 5.74) is 13.4. The molecule has 1 aliphatic heterocycles. The lowest BCUT2D eigenvalue weighted by Crippen LogP contribution is -2.54. The van der Waals surface area contributed by atoms with E-state index in [2.05, 4.69) is 16.0 Å². The average Bonchev–Trinajstić information content (AvgIpc) is 3.52. The van der Waals surface area contributed by atoms with Crippen molar-refractivity contribution in [1.82, 2.24) is 20.9 Å². The molecule has 1 aromatic carbocycles. The van der Waals surface area contributed by atoms with E-state index in [-0.39, 0.29) is 31.8 Å². The number of fused-ring (bicyclic) bond motifs is 1. The first-order valence-electron chi connectivity index (χ1n) is 13.1. The zero-order chi connectivity index (χ0) is 30.3. The van der Waals surface area contributed by atoms with E-state index < -0.39 is 47.9 Å². The Kier molecular flexibility index (Phi) is 10.4. The van der Waals surface area contributed by atoms with Crippen LogP contribution in [-0.4, -0.2) is 88.6 Å². The maximum Gasteiger partial charge on any atom is 0.326 e. The third kappa shape index (κ3) is 8.28. The molecule has 0 aliphatic carbocycles. The van der Waals surface area contributed by atoms with Gasteiger partial charge in [-0.3, -0.25) is 19.8 Å². The van der Waals surface area contributed by atoms with Crippen LogP contribution in [0, 0.1) is 12.3 Å². The van der Waals surface area contributed by atoms with Crippen molar-refractivity contribution in [2.75, 3.05) is 19.6 Å². The molecule has 4 unspecified atom stereocenters. The number of nitrogens with zero attached hydrogens (tertiary/aromatic N) is 1. The quantitative estimate of drug-likeness (QED) is 0.0835. The highest BCUT2D eigenvalue weighted by molar-refractivity contribution is 5.91. The number of aliphatic hydroxyl groups is 1. The number of carbonyl (C=O) groups excluding carboxylic acids is 3. The number of aryl methyl sites for hydroxylation is 1. The van der Waals surface area contributed by atoms with Gasteiger partial charge in [-0.2, -0.15) is 0 Å². The van der Waals surface area contributed by atoms with Gasteiger partial charge in [0.15, 0.2) is 5.96 Å². The van der Waals surface area contributed by atoms with Crippen molar-refractivity contribution < 1.29 is 33.8 Å². The lowest BCUT2D eigenvalue weighted by atomic mass is 10.0. The minimum absolute atomic E-state index is 0.0576. The van der Waals surface area contributed by atoms with E-state index in [0.29, 0.717) is 24.4 Å². The van der Waals surface area contributed by atoms with Crippen molar-refractivity contribution in [3.05, 3.63) is 47.2 Å². The number of nitrogens with one attached hydrogen (secondary N) is 4. The lowest BCUT2D eigenvalue weighted by molar-refractivity contribution is -0.142. The van der Waals surface area contributed by atoms with Gasteiger partial charge in [0.05, 0.1) is 6.10 Å². The molecule has 0 fully saturated rings. The first-order valence-corrected chi connectivity index (χ1v) is 13.1. The second-order valence-corrected chi connectivity index (χ2v) is 10.0. The summed E-state index contributed by atoms with van der Waals surface area (Å²) in [6.07, 6.45) is 0.470. The maximum absolute atomic E-state index is 13.0. The lowest BCUT2D eigenvalue weighted by Gasteiger charge is -2.23. The van der Waals surface area contributed by atoms with E-state index in [1.165, 1.54) is 6.92 Å². The predicted octanol–water partition coefficient (Wildman–Crippen LogP) is -0.922. The van der Waals surface area contributed by atoms with E-state index in [4.69, 9.17) is 21.3 Å². The van der Waals surface area contributed by atoms with Gasteiger partial charge in [-0.25, -0.2) is 4.79 Å². The van der Waals surface area contributed by atoms with Gasteiger partial charge in [0.1, 0.15) is 29.5 Å². The number of para-hydroxylation sites is 1. The molecule has 2 aromatic rings. The molecule has 1 aliphatic rings. The van der Waals surface area contributed by atoms with Crippen molar-refractivity contribution in [3.63, 3.8) is 0 Å². The van der Waals surface area contributed by atoms with Gasteiger partial charge in [-0.05, 0) is 31.9 Å². The van der Waals surface area contributed by atoms with E-state index >= 15 is 0 Å². The molecule has 10 N–H and O–H groups in total. The normalized spacial score (nSPS) is 15.9. The Bertz CT molecular complexity index is 1340. The number of aliphatic carboxylic acids is 1. The number of carboxylic acids is 1. The molecule has 0 radical (unpaired) electrons. The Morgan fingerprint density at radius 1 is 1.12 bits per heavy atom. The molecule has 41 heavy (non-hydrogen) atoms. The van der Waals surface area contributed by atoms with Crippen molar-refractivity contribution in [1.29, 1.82) is 5.41 Å². The fourth-order valence-corrected chi connectivity index (χ4v) is 4.40. The van der Waals surface area contributed by atoms with Crippen LogP contribution in [0.3, 0.4) is 0 Å². The molecule has 14 nitrogen and oxygen atoms in total. The highest BCUT2D eigenvalue weighted by Crippen LogP contribution is 2.26. The maximum atomic E-state index is 13.0. The Hall–Kier alpha value is -4.43. The number of hydrogen-bond acceptors (Lipinski definition) is 8. The van der Waals surface area contributed by atoms with Crippen LogP contribution < -0.4 is 27.4 Å². The Labute approximate surface area is 236 Å². The molecule has 222 valence electrons. The molecular weight excluding hydrogens is 534 g/mol. The Morgan fingerprint density at radius 3 is 2.44 bits per heavy atom. The molecule has 14 heteroatoms. The zero-order valence-electron chi connectivity index (χ0n) is 23.0. The van der Waals surface area contributed by atoms with Gasteiger partial charge in [0.25, 0.3) is 0 Å². The van der Waals surface area contributed by atoms with Crippen LogP contribution in [0.2, 0.25) is 0 Å².